The van der Waals surface area contributed by atoms with Crippen LogP contribution in [0.2, 0.25) is 0 Å². The van der Waals surface area contributed by atoms with Crippen LogP contribution in [0.25, 0.3) is 0 Å². The highest BCUT2D eigenvalue weighted by atomic mass is 19.1. The first-order valence-electron chi connectivity index (χ1n) is 6.81. The Kier molecular flexibility index (Phi) is 5.25. The van der Waals surface area contributed by atoms with Crippen molar-refractivity contribution >= 4 is 0 Å². The van der Waals surface area contributed by atoms with Crippen LogP contribution >= 0.6 is 0 Å². The van der Waals surface area contributed by atoms with E-state index in [1.807, 2.05) is 0 Å². The maximum absolute atomic E-state index is 12.9. The SMILES string of the molecule is N#CC(F)=CC1CCC(OCc2ccc(F)cc2)CC1. The lowest BCUT2D eigenvalue weighted by Gasteiger charge is -2.26. The zero-order valence-corrected chi connectivity index (χ0v) is 11.2. The molecule has 2 nitrogen and oxygen atoms in total. The van der Waals surface area contributed by atoms with Crippen LogP contribution in [0.15, 0.2) is 36.2 Å². The molecule has 1 aliphatic carbocycles. The number of halogens is 2. The summed E-state index contributed by atoms with van der Waals surface area (Å²) in [6.45, 7) is 0.470. The molecule has 1 aliphatic rings. The Morgan fingerprint density at radius 3 is 2.50 bits per heavy atom. The number of ether oxygens (including phenoxy) is 1. The van der Waals surface area contributed by atoms with Gasteiger partial charge < -0.3 is 4.74 Å². The molecule has 1 aromatic carbocycles. The van der Waals surface area contributed by atoms with Gasteiger partial charge >= 0.3 is 0 Å². The lowest BCUT2D eigenvalue weighted by atomic mass is 9.87. The van der Waals surface area contributed by atoms with Gasteiger partial charge in [-0.1, -0.05) is 12.1 Å². The molecule has 0 heterocycles. The lowest BCUT2D eigenvalue weighted by Crippen LogP contribution is -2.20. The summed E-state index contributed by atoms with van der Waals surface area (Å²) in [7, 11) is 0. The molecule has 2 rings (SSSR count). The molecule has 20 heavy (non-hydrogen) atoms. The van der Waals surface area contributed by atoms with Crippen molar-refractivity contribution in [3.63, 3.8) is 0 Å². The Bertz CT molecular complexity index is 496. The van der Waals surface area contributed by atoms with E-state index in [0.717, 1.165) is 31.2 Å². The maximum Gasteiger partial charge on any atom is 0.196 e. The molecule has 0 N–H and O–H groups in total. The fourth-order valence-electron chi connectivity index (χ4n) is 2.46. The van der Waals surface area contributed by atoms with Crippen LogP contribution in [-0.2, 0) is 11.3 Å². The molecule has 0 aromatic heterocycles. The van der Waals surface area contributed by atoms with E-state index in [-0.39, 0.29) is 17.8 Å². The summed E-state index contributed by atoms with van der Waals surface area (Å²) >= 11 is 0. The third-order valence-electron chi connectivity index (χ3n) is 3.61. The lowest BCUT2D eigenvalue weighted by molar-refractivity contribution is 0.0109. The summed E-state index contributed by atoms with van der Waals surface area (Å²) in [4.78, 5) is 0. The number of nitrogens with zero attached hydrogens (tertiary/aromatic N) is 1. The van der Waals surface area contributed by atoms with Crippen LogP contribution < -0.4 is 0 Å². The van der Waals surface area contributed by atoms with Crippen LogP contribution in [0.5, 0.6) is 0 Å². The van der Waals surface area contributed by atoms with Crippen LogP contribution in [-0.4, -0.2) is 6.10 Å². The van der Waals surface area contributed by atoms with E-state index in [1.165, 1.54) is 24.3 Å². The molecule has 0 spiro atoms. The number of rotatable bonds is 4. The van der Waals surface area contributed by atoms with E-state index < -0.39 is 5.83 Å². The van der Waals surface area contributed by atoms with Crippen molar-refractivity contribution in [3.8, 4) is 6.07 Å². The molecule has 0 atom stereocenters. The van der Waals surface area contributed by atoms with Gasteiger partial charge in [0.2, 0.25) is 0 Å². The standard InChI is InChI=1S/C16H17F2NO/c17-14-5-1-13(2-6-14)11-20-16-7-3-12(4-8-16)9-15(18)10-19/h1-2,5-6,9,12,16H,3-4,7-8,11H2. The summed E-state index contributed by atoms with van der Waals surface area (Å²) in [5.41, 5.74) is 0.948. The minimum absolute atomic E-state index is 0.139. The first-order valence-corrected chi connectivity index (χ1v) is 6.81. The molecular weight excluding hydrogens is 260 g/mol. The van der Waals surface area contributed by atoms with Gasteiger partial charge in [0.05, 0.1) is 12.7 Å². The Labute approximate surface area is 117 Å². The van der Waals surface area contributed by atoms with Gasteiger partial charge in [0.25, 0.3) is 0 Å². The van der Waals surface area contributed by atoms with Crippen molar-refractivity contribution < 1.29 is 13.5 Å². The molecular formula is C16H17F2NO. The summed E-state index contributed by atoms with van der Waals surface area (Å²) in [6, 6.07) is 7.78. The smallest absolute Gasteiger partial charge is 0.196 e. The second-order valence-electron chi connectivity index (χ2n) is 5.10. The average Bonchev–Trinajstić information content (AvgIpc) is 2.48. The molecule has 1 saturated carbocycles. The normalized spacial score (nSPS) is 23.4. The predicted octanol–water partition coefficient (Wildman–Crippen LogP) is 4.28. The highest BCUT2D eigenvalue weighted by Gasteiger charge is 2.20. The molecule has 0 radical (unpaired) electrons. The highest BCUT2D eigenvalue weighted by Crippen LogP contribution is 2.28. The van der Waals surface area contributed by atoms with Gasteiger partial charge in [-0.15, -0.1) is 0 Å². The molecule has 4 heteroatoms. The van der Waals surface area contributed by atoms with Gasteiger partial charge in [0.15, 0.2) is 5.83 Å². The average molecular weight is 277 g/mol. The number of allylic oxidation sites excluding steroid dienone is 2. The quantitative estimate of drug-likeness (QED) is 0.770. The van der Waals surface area contributed by atoms with Crippen molar-refractivity contribution in [1.29, 1.82) is 5.26 Å². The van der Waals surface area contributed by atoms with Crippen LogP contribution in [0.3, 0.4) is 0 Å². The van der Waals surface area contributed by atoms with Gasteiger partial charge in [-0.2, -0.15) is 9.65 Å². The fourth-order valence-corrected chi connectivity index (χ4v) is 2.46. The second-order valence-corrected chi connectivity index (χ2v) is 5.10. The van der Waals surface area contributed by atoms with Crippen molar-refractivity contribution in [3.05, 3.63) is 47.5 Å². The molecule has 1 aromatic rings. The fraction of sp³-hybridized carbons (Fsp3) is 0.438. The highest BCUT2D eigenvalue weighted by molar-refractivity contribution is 5.15. The van der Waals surface area contributed by atoms with E-state index in [2.05, 4.69) is 0 Å². The summed E-state index contributed by atoms with van der Waals surface area (Å²) < 4.78 is 31.4. The number of hydrogen-bond acceptors (Lipinski definition) is 2. The van der Waals surface area contributed by atoms with Crippen LogP contribution in [0, 0.1) is 23.1 Å². The molecule has 1 fully saturated rings. The van der Waals surface area contributed by atoms with Crippen molar-refractivity contribution in [1.82, 2.24) is 0 Å². The Balaban J connectivity index is 1.75. The van der Waals surface area contributed by atoms with Crippen molar-refractivity contribution in [2.24, 2.45) is 5.92 Å². The predicted molar refractivity (Wildman–Crippen MR) is 71.7 cm³/mol. The van der Waals surface area contributed by atoms with Crippen LogP contribution in [0.4, 0.5) is 8.78 Å². The number of nitriles is 1. The van der Waals surface area contributed by atoms with Crippen LogP contribution in [0.1, 0.15) is 31.2 Å². The third-order valence-corrected chi connectivity index (χ3v) is 3.61. The second kappa shape index (κ2) is 7.16. The minimum atomic E-state index is -0.694. The zero-order chi connectivity index (χ0) is 14.4. The first-order chi connectivity index (χ1) is 9.67. The molecule has 0 aliphatic heterocycles. The topological polar surface area (TPSA) is 33.0 Å². The Morgan fingerprint density at radius 1 is 1.25 bits per heavy atom. The molecule has 0 saturated heterocycles. The number of benzene rings is 1. The number of hydrogen-bond donors (Lipinski definition) is 0. The van der Waals surface area contributed by atoms with Crippen molar-refractivity contribution in [2.75, 3.05) is 0 Å². The third kappa shape index (κ3) is 4.43. The molecule has 0 amide bonds. The monoisotopic (exact) mass is 277 g/mol. The minimum Gasteiger partial charge on any atom is -0.374 e. The largest absolute Gasteiger partial charge is 0.374 e. The van der Waals surface area contributed by atoms with Gasteiger partial charge in [-0.3, -0.25) is 0 Å². The van der Waals surface area contributed by atoms with E-state index in [1.54, 1.807) is 12.1 Å². The van der Waals surface area contributed by atoms with Gasteiger partial charge in [0.1, 0.15) is 11.9 Å². The first kappa shape index (κ1) is 14.7. The van der Waals surface area contributed by atoms with E-state index in [9.17, 15) is 8.78 Å². The van der Waals surface area contributed by atoms with Gasteiger partial charge in [0, 0.05) is 0 Å². The van der Waals surface area contributed by atoms with E-state index >= 15 is 0 Å². The molecule has 106 valence electrons. The summed E-state index contributed by atoms with van der Waals surface area (Å²) in [5, 5.41) is 8.40. The maximum atomic E-state index is 12.9. The Hall–Kier alpha value is -1.73. The zero-order valence-electron chi connectivity index (χ0n) is 11.2. The van der Waals surface area contributed by atoms with Gasteiger partial charge in [-0.25, -0.2) is 4.39 Å². The molecule has 0 unspecified atom stereocenters. The summed E-state index contributed by atoms with van der Waals surface area (Å²) in [6.07, 6.45) is 4.97. The molecule has 0 bridgehead atoms. The van der Waals surface area contributed by atoms with Crippen molar-refractivity contribution in [2.45, 2.75) is 38.4 Å². The Morgan fingerprint density at radius 2 is 1.90 bits per heavy atom. The van der Waals surface area contributed by atoms with E-state index in [0.29, 0.717) is 6.61 Å². The van der Waals surface area contributed by atoms with Gasteiger partial charge in [-0.05, 0) is 55.4 Å². The summed E-state index contributed by atoms with van der Waals surface area (Å²) in [5.74, 6) is -0.804. The van der Waals surface area contributed by atoms with E-state index in [4.69, 9.17) is 10.00 Å².